The zero-order valence-electron chi connectivity index (χ0n) is 19.6. The molecule has 0 aliphatic carbocycles. The summed E-state index contributed by atoms with van der Waals surface area (Å²) in [5.74, 6) is 1.83. The molecule has 1 heterocycles. The Bertz CT molecular complexity index is 1240. The van der Waals surface area contributed by atoms with E-state index in [2.05, 4.69) is 41.9 Å². The summed E-state index contributed by atoms with van der Waals surface area (Å²) in [4.78, 5) is 17.3. The zero-order valence-corrected chi connectivity index (χ0v) is 19.6. The second-order valence-electron chi connectivity index (χ2n) is 8.49. The molecule has 1 amide bonds. The highest BCUT2D eigenvalue weighted by atomic mass is 16.5. The number of imidazole rings is 1. The molecular weight excluding hydrogens is 410 g/mol. The van der Waals surface area contributed by atoms with Crippen molar-refractivity contribution in [2.24, 2.45) is 0 Å². The molecule has 0 saturated heterocycles. The number of aryl methyl sites for hydroxylation is 4. The molecule has 170 valence electrons. The second kappa shape index (κ2) is 10.3. The van der Waals surface area contributed by atoms with Gasteiger partial charge in [-0.1, -0.05) is 35.9 Å². The van der Waals surface area contributed by atoms with Crippen LogP contribution in [0, 0.1) is 20.8 Å². The third-order valence-electron chi connectivity index (χ3n) is 5.95. The maximum Gasteiger partial charge on any atom is 0.251 e. The normalized spacial score (nSPS) is 11.0. The molecule has 4 aromatic rings. The maximum absolute atomic E-state index is 12.4. The van der Waals surface area contributed by atoms with Gasteiger partial charge in [0.1, 0.15) is 11.6 Å². The summed E-state index contributed by atoms with van der Waals surface area (Å²) in [5.41, 5.74) is 6.42. The first-order valence-electron chi connectivity index (χ1n) is 11.5. The third kappa shape index (κ3) is 5.61. The number of hydrogen-bond donors (Lipinski definition) is 1. The maximum atomic E-state index is 12.4. The molecule has 3 aromatic carbocycles. The largest absolute Gasteiger partial charge is 0.494 e. The van der Waals surface area contributed by atoms with Crippen LogP contribution < -0.4 is 10.1 Å². The van der Waals surface area contributed by atoms with Gasteiger partial charge < -0.3 is 14.6 Å². The SMILES string of the molecule is Cc1ccc(C(=O)NCCc2nc3ccccc3n2CCCOc2ccc(C)c(C)c2)cc1. The molecule has 0 spiro atoms. The first-order chi connectivity index (χ1) is 16.0. The molecule has 0 saturated carbocycles. The number of nitrogens with one attached hydrogen (secondary N) is 1. The van der Waals surface area contributed by atoms with Crippen molar-refractivity contribution in [1.82, 2.24) is 14.9 Å². The minimum Gasteiger partial charge on any atom is -0.494 e. The predicted molar refractivity (Wildman–Crippen MR) is 133 cm³/mol. The van der Waals surface area contributed by atoms with E-state index in [1.807, 2.05) is 55.5 Å². The lowest BCUT2D eigenvalue weighted by Crippen LogP contribution is -2.26. The minimum atomic E-state index is -0.0561. The summed E-state index contributed by atoms with van der Waals surface area (Å²) >= 11 is 0. The van der Waals surface area contributed by atoms with E-state index in [-0.39, 0.29) is 5.91 Å². The van der Waals surface area contributed by atoms with Crippen molar-refractivity contribution in [1.29, 1.82) is 0 Å². The van der Waals surface area contributed by atoms with Crippen LogP contribution in [0.4, 0.5) is 0 Å². The average Bonchev–Trinajstić information content (AvgIpc) is 3.16. The Balaban J connectivity index is 1.37. The molecule has 5 heteroatoms. The highest BCUT2D eigenvalue weighted by Gasteiger charge is 2.11. The van der Waals surface area contributed by atoms with Crippen LogP contribution >= 0.6 is 0 Å². The Morgan fingerprint density at radius 3 is 2.55 bits per heavy atom. The fraction of sp³-hybridized carbons (Fsp3) is 0.286. The number of amides is 1. The van der Waals surface area contributed by atoms with Gasteiger partial charge in [0.05, 0.1) is 17.6 Å². The monoisotopic (exact) mass is 441 g/mol. The van der Waals surface area contributed by atoms with Crippen molar-refractivity contribution in [3.05, 3.63) is 94.8 Å². The zero-order chi connectivity index (χ0) is 23.2. The summed E-state index contributed by atoms with van der Waals surface area (Å²) in [7, 11) is 0. The lowest BCUT2D eigenvalue weighted by molar-refractivity contribution is 0.0954. The van der Waals surface area contributed by atoms with Gasteiger partial charge in [-0.15, -0.1) is 0 Å². The topological polar surface area (TPSA) is 56.2 Å². The molecule has 33 heavy (non-hydrogen) atoms. The average molecular weight is 442 g/mol. The van der Waals surface area contributed by atoms with Crippen molar-refractivity contribution in [3.8, 4) is 5.75 Å². The van der Waals surface area contributed by atoms with E-state index >= 15 is 0 Å². The lowest BCUT2D eigenvalue weighted by atomic mass is 10.1. The van der Waals surface area contributed by atoms with Gasteiger partial charge in [0.2, 0.25) is 0 Å². The Morgan fingerprint density at radius 1 is 0.970 bits per heavy atom. The lowest BCUT2D eigenvalue weighted by Gasteiger charge is -2.12. The van der Waals surface area contributed by atoms with Crippen LogP contribution in [-0.2, 0) is 13.0 Å². The number of para-hydroxylation sites is 2. The van der Waals surface area contributed by atoms with E-state index < -0.39 is 0 Å². The van der Waals surface area contributed by atoms with Gasteiger partial charge in [-0.3, -0.25) is 4.79 Å². The Labute approximate surface area is 195 Å². The van der Waals surface area contributed by atoms with E-state index in [4.69, 9.17) is 9.72 Å². The van der Waals surface area contributed by atoms with Gasteiger partial charge in [0.25, 0.3) is 5.91 Å². The molecule has 0 atom stereocenters. The highest BCUT2D eigenvalue weighted by Crippen LogP contribution is 2.19. The number of ether oxygens (including phenoxy) is 1. The van der Waals surface area contributed by atoms with E-state index in [0.717, 1.165) is 41.1 Å². The number of nitrogens with zero attached hydrogens (tertiary/aromatic N) is 2. The molecule has 1 aromatic heterocycles. The van der Waals surface area contributed by atoms with E-state index in [1.165, 1.54) is 11.1 Å². The highest BCUT2D eigenvalue weighted by molar-refractivity contribution is 5.94. The van der Waals surface area contributed by atoms with Gasteiger partial charge >= 0.3 is 0 Å². The van der Waals surface area contributed by atoms with Crippen molar-refractivity contribution < 1.29 is 9.53 Å². The summed E-state index contributed by atoms with van der Waals surface area (Å²) in [5, 5.41) is 3.02. The van der Waals surface area contributed by atoms with Gasteiger partial charge in [-0.05, 0) is 74.7 Å². The van der Waals surface area contributed by atoms with E-state index in [9.17, 15) is 4.79 Å². The molecule has 0 unspecified atom stereocenters. The predicted octanol–water partition coefficient (Wildman–Crippen LogP) is 5.40. The van der Waals surface area contributed by atoms with Crippen LogP contribution in [0.5, 0.6) is 5.75 Å². The van der Waals surface area contributed by atoms with Crippen LogP contribution in [0.3, 0.4) is 0 Å². The Kier molecular flexibility index (Phi) is 7.08. The molecule has 0 bridgehead atoms. The van der Waals surface area contributed by atoms with Crippen LogP contribution in [0.15, 0.2) is 66.7 Å². The number of hydrogen-bond acceptors (Lipinski definition) is 3. The molecule has 0 aliphatic rings. The molecule has 1 N–H and O–H groups in total. The summed E-state index contributed by atoms with van der Waals surface area (Å²) in [6.07, 6.45) is 1.54. The van der Waals surface area contributed by atoms with Crippen molar-refractivity contribution in [2.45, 2.75) is 40.2 Å². The van der Waals surface area contributed by atoms with Crippen molar-refractivity contribution in [3.63, 3.8) is 0 Å². The first-order valence-corrected chi connectivity index (χ1v) is 11.5. The molecule has 0 fully saturated rings. The molecule has 4 rings (SSSR count). The standard InChI is InChI=1S/C28H31N3O2/c1-20-9-12-23(13-10-20)28(32)29-16-15-27-30-25-7-4-5-8-26(25)31(27)17-6-18-33-24-14-11-21(2)22(3)19-24/h4-5,7-14,19H,6,15-18H2,1-3H3,(H,29,32). The smallest absolute Gasteiger partial charge is 0.251 e. The fourth-order valence-electron chi connectivity index (χ4n) is 3.88. The quantitative estimate of drug-likeness (QED) is 0.354. The van der Waals surface area contributed by atoms with Gasteiger partial charge in [0, 0.05) is 25.1 Å². The third-order valence-corrected chi connectivity index (χ3v) is 5.95. The van der Waals surface area contributed by atoms with E-state index in [1.54, 1.807) is 0 Å². The van der Waals surface area contributed by atoms with Crippen molar-refractivity contribution in [2.75, 3.05) is 13.2 Å². The fourth-order valence-corrected chi connectivity index (χ4v) is 3.88. The first kappa shape index (κ1) is 22.6. The number of fused-ring (bicyclic) bond motifs is 1. The number of aromatic nitrogens is 2. The molecule has 0 aliphatic heterocycles. The van der Waals surface area contributed by atoms with Crippen LogP contribution in [0.1, 0.15) is 39.3 Å². The van der Waals surface area contributed by atoms with Gasteiger partial charge in [-0.2, -0.15) is 0 Å². The number of carbonyl (C=O) groups is 1. The summed E-state index contributed by atoms with van der Waals surface area (Å²) < 4.78 is 8.22. The van der Waals surface area contributed by atoms with Gasteiger partial charge in [-0.25, -0.2) is 4.98 Å². The summed E-state index contributed by atoms with van der Waals surface area (Å²) in [6.45, 7) is 8.21. The van der Waals surface area contributed by atoms with Crippen LogP contribution in [-0.4, -0.2) is 28.6 Å². The number of carbonyl (C=O) groups excluding carboxylic acids is 1. The Morgan fingerprint density at radius 2 is 1.76 bits per heavy atom. The molecular formula is C28H31N3O2. The van der Waals surface area contributed by atoms with E-state index in [0.29, 0.717) is 25.1 Å². The number of benzene rings is 3. The molecule has 0 radical (unpaired) electrons. The van der Waals surface area contributed by atoms with Gasteiger partial charge in [0.15, 0.2) is 0 Å². The Hall–Kier alpha value is -3.60. The van der Waals surface area contributed by atoms with Crippen LogP contribution in [0.2, 0.25) is 0 Å². The van der Waals surface area contributed by atoms with Crippen LogP contribution in [0.25, 0.3) is 11.0 Å². The number of rotatable bonds is 9. The van der Waals surface area contributed by atoms with Crippen molar-refractivity contribution >= 4 is 16.9 Å². The molecule has 5 nitrogen and oxygen atoms in total. The summed E-state index contributed by atoms with van der Waals surface area (Å²) in [6, 6.07) is 22.0. The minimum absolute atomic E-state index is 0.0561. The second-order valence-corrected chi connectivity index (χ2v) is 8.49.